The van der Waals surface area contributed by atoms with Crippen molar-refractivity contribution in [1.82, 2.24) is 5.32 Å². The van der Waals surface area contributed by atoms with Gasteiger partial charge in [0.2, 0.25) is 5.91 Å². The van der Waals surface area contributed by atoms with Gasteiger partial charge in [0, 0.05) is 29.8 Å². The molecule has 2 rings (SSSR count). The molecule has 1 saturated heterocycles. The summed E-state index contributed by atoms with van der Waals surface area (Å²) in [5.74, 6) is 0.106. The van der Waals surface area contributed by atoms with Crippen molar-refractivity contribution in [2.45, 2.75) is 25.3 Å². The fraction of sp³-hybridized carbons (Fsp3) is 0.533. The van der Waals surface area contributed by atoms with Crippen LogP contribution in [0.3, 0.4) is 0 Å². The van der Waals surface area contributed by atoms with Gasteiger partial charge in [0.25, 0.3) is 0 Å². The molecule has 0 aromatic heterocycles. The summed E-state index contributed by atoms with van der Waals surface area (Å²) in [5.41, 5.74) is 7.00. The Balaban J connectivity index is 0.00000242. The fourth-order valence-electron chi connectivity index (χ4n) is 2.49. The van der Waals surface area contributed by atoms with Crippen molar-refractivity contribution in [3.63, 3.8) is 0 Å². The van der Waals surface area contributed by atoms with E-state index in [2.05, 4.69) is 5.32 Å². The third-order valence-electron chi connectivity index (χ3n) is 3.71. The summed E-state index contributed by atoms with van der Waals surface area (Å²) >= 11 is 11.9. The number of hydrogen-bond donors (Lipinski definition) is 2. The molecule has 22 heavy (non-hydrogen) atoms. The van der Waals surface area contributed by atoms with Crippen LogP contribution >= 0.6 is 35.6 Å². The second-order valence-corrected chi connectivity index (χ2v) is 6.17. The van der Waals surface area contributed by atoms with E-state index in [1.54, 1.807) is 6.07 Å². The average Bonchev–Trinajstić information content (AvgIpc) is 2.46. The molecule has 1 aliphatic heterocycles. The lowest BCUT2D eigenvalue weighted by Gasteiger charge is -2.26. The minimum atomic E-state index is -0.461. The molecule has 1 atom stereocenters. The standard InChI is InChI=1S/C15H20Cl2N2O2.ClH/c16-12-7-10(8-13(17)9-12)1-4-19-15(20)14(18)11-2-5-21-6-3-11;/h7-9,11,14H,1-6,18H2,(H,19,20);1H. The highest BCUT2D eigenvalue weighted by molar-refractivity contribution is 6.34. The zero-order valence-electron chi connectivity index (χ0n) is 12.2. The highest BCUT2D eigenvalue weighted by atomic mass is 35.5. The number of nitrogens with two attached hydrogens (primary N) is 1. The number of amides is 1. The first-order valence-corrected chi connectivity index (χ1v) is 7.88. The van der Waals surface area contributed by atoms with Gasteiger partial charge >= 0.3 is 0 Å². The molecule has 1 aromatic rings. The van der Waals surface area contributed by atoms with E-state index >= 15 is 0 Å². The molecule has 4 nitrogen and oxygen atoms in total. The number of rotatable bonds is 5. The first kappa shape index (κ1) is 19.5. The van der Waals surface area contributed by atoms with Crippen LogP contribution in [0, 0.1) is 5.92 Å². The van der Waals surface area contributed by atoms with Crippen molar-refractivity contribution in [2.24, 2.45) is 11.7 Å². The van der Waals surface area contributed by atoms with Crippen molar-refractivity contribution in [3.8, 4) is 0 Å². The molecular weight excluding hydrogens is 347 g/mol. The van der Waals surface area contributed by atoms with E-state index in [1.165, 1.54) is 0 Å². The monoisotopic (exact) mass is 366 g/mol. The maximum Gasteiger partial charge on any atom is 0.237 e. The maximum absolute atomic E-state index is 12.0. The summed E-state index contributed by atoms with van der Waals surface area (Å²) in [4.78, 5) is 12.0. The van der Waals surface area contributed by atoms with Crippen LogP contribution in [0.2, 0.25) is 10.0 Å². The molecule has 0 radical (unpaired) electrons. The average molecular weight is 368 g/mol. The van der Waals surface area contributed by atoms with E-state index in [0.717, 1.165) is 18.4 Å². The van der Waals surface area contributed by atoms with Gasteiger partial charge in [0.15, 0.2) is 0 Å². The van der Waals surface area contributed by atoms with Crippen molar-refractivity contribution in [1.29, 1.82) is 0 Å². The molecule has 0 saturated carbocycles. The van der Waals surface area contributed by atoms with Crippen molar-refractivity contribution >= 4 is 41.5 Å². The molecule has 0 aliphatic carbocycles. The molecule has 1 heterocycles. The number of benzene rings is 1. The summed E-state index contributed by atoms with van der Waals surface area (Å²) in [6.07, 6.45) is 2.36. The Morgan fingerprint density at radius 3 is 2.45 bits per heavy atom. The molecule has 124 valence electrons. The first-order chi connectivity index (χ1) is 10.1. The molecule has 1 unspecified atom stereocenters. The van der Waals surface area contributed by atoms with Crippen LogP contribution < -0.4 is 11.1 Å². The lowest BCUT2D eigenvalue weighted by atomic mass is 9.92. The molecule has 3 N–H and O–H groups in total. The van der Waals surface area contributed by atoms with Crippen LogP contribution in [-0.4, -0.2) is 31.7 Å². The first-order valence-electron chi connectivity index (χ1n) is 7.12. The van der Waals surface area contributed by atoms with Gasteiger partial charge in [-0.15, -0.1) is 12.4 Å². The molecule has 0 spiro atoms. The third kappa shape index (κ3) is 5.94. The van der Waals surface area contributed by atoms with Gasteiger partial charge in [-0.25, -0.2) is 0 Å². The van der Waals surface area contributed by atoms with Crippen LogP contribution in [0.15, 0.2) is 18.2 Å². The quantitative estimate of drug-likeness (QED) is 0.841. The van der Waals surface area contributed by atoms with Crippen molar-refractivity contribution in [2.75, 3.05) is 19.8 Å². The topological polar surface area (TPSA) is 64.4 Å². The second-order valence-electron chi connectivity index (χ2n) is 5.29. The summed E-state index contributed by atoms with van der Waals surface area (Å²) in [7, 11) is 0. The van der Waals surface area contributed by atoms with Crippen LogP contribution in [0.5, 0.6) is 0 Å². The Labute approximate surface area is 147 Å². The van der Waals surface area contributed by atoms with Gasteiger partial charge in [0.05, 0.1) is 6.04 Å². The Hall–Kier alpha value is -0.520. The van der Waals surface area contributed by atoms with E-state index in [9.17, 15) is 4.79 Å². The number of carbonyl (C=O) groups is 1. The molecular formula is C15H21Cl3N2O2. The predicted octanol–water partition coefficient (Wildman–Crippen LogP) is 2.83. The van der Waals surface area contributed by atoms with Crippen LogP contribution in [0.4, 0.5) is 0 Å². The van der Waals surface area contributed by atoms with E-state index in [0.29, 0.717) is 36.2 Å². The number of ether oxygens (including phenoxy) is 1. The fourth-order valence-corrected chi connectivity index (χ4v) is 3.06. The number of carbonyl (C=O) groups excluding carboxylic acids is 1. The highest BCUT2D eigenvalue weighted by Crippen LogP contribution is 2.19. The molecule has 7 heteroatoms. The minimum Gasteiger partial charge on any atom is -0.381 e. The van der Waals surface area contributed by atoms with E-state index < -0.39 is 6.04 Å². The molecule has 1 aliphatic rings. The summed E-state index contributed by atoms with van der Waals surface area (Å²) in [5, 5.41) is 4.08. The van der Waals surface area contributed by atoms with Crippen LogP contribution in [0.25, 0.3) is 0 Å². The molecule has 1 fully saturated rings. The SMILES string of the molecule is Cl.NC(C(=O)NCCc1cc(Cl)cc(Cl)c1)C1CCOCC1. The zero-order valence-corrected chi connectivity index (χ0v) is 14.5. The van der Waals surface area contributed by atoms with Crippen molar-refractivity contribution in [3.05, 3.63) is 33.8 Å². The summed E-state index contributed by atoms with van der Waals surface area (Å²) in [6, 6.07) is 4.92. The number of nitrogens with one attached hydrogen (secondary N) is 1. The normalized spacial score (nSPS) is 16.7. The van der Waals surface area contributed by atoms with Gasteiger partial charge in [-0.05, 0) is 48.9 Å². The number of halogens is 3. The Kier molecular flexibility index (Phi) is 8.50. The minimum absolute atomic E-state index is 0. The van der Waals surface area contributed by atoms with Crippen LogP contribution in [-0.2, 0) is 16.0 Å². The third-order valence-corrected chi connectivity index (χ3v) is 4.15. The van der Waals surface area contributed by atoms with Crippen LogP contribution in [0.1, 0.15) is 18.4 Å². The summed E-state index contributed by atoms with van der Waals surface area (Å²) < 4.78 is 5.28. The lowest BCUT2D eigenvalue weighted by molar-refractivity contribution is -0.124. The predicted molar refractivity (Wildman–Crippen MR) is 91.9 cm³/mol. The summed E-state index contributed by atoms with van der Waals surface area (Å²) in [6.45, 7) is 1.89. The number of hydrogen-bond acceptors (Lipinski definition) is 3. The Bertz CT molecular complexity index is 473. The molecule has 0 bridgehead atoms. The largest absolute Gasteiger partial charge is 0.381 e. The molecule has 1 amide bonds. The van der Waals surface area contributed by atoms with Gasteiger partial charge in [0.1, 0.15) is 0 Å². The van der Waals surface area contributed by atoms with Gasteiger partial charge in [-0.2, -0.15) is 0 Å². The molecule has 1 aromatic carbocycles. The lowest BCUT2D eigenvalue weighted by Crippen LogP contribution is -2.47. The Morgan fingerprint density at radius 2 is 1.86 bits per heavy atom. The smallest absolute Gasteiger partial charge is 0.237 e. The zero-order chi connectivity index (χ0) is 15.2. The van der Waals surface area contributed by atoms with Crippen molar-refractivity contribution < 1.29 is 9.53 Å². The Morgan fingerprint density at radius 1 is 1.27 bits per heavy atom. The van der Waals surface area contributed by atoms with Gasteiger partial charge in [-0.3, -0.25) is 4.79 Å². The second kappa shape index (κ2) is 9.58. The van der Waals surface area contributed by atoms with E-state index in [-0.39, 0.29) is 24.2 Å². The van der Waals surface area contributed by atoms with Gasteiger partial charge < -0.3 is 15.8 Å². The van der Waals surface area contributed by atoms with Gasteiger partial charge in [-0.1, -0.05) is 23.2 Å². The van der Waals surface area contributed by atoms with E-state index in [1.807, 2.05) is 12.1 Å². The maximum atomic E-state index is 12.0. The highest BCUT2D eigenvalue weighted by Gasteiger charge is 2.26. The van der Waals surface area contributed by atoms with E-state index in [4.69, 9.17) is 33.7 Å².